The number of aromatic nitrogens is 4. The second kappa shape index (κ2) is 8.13. The van der Waals surface area contributed by atoms with E-state index in [1.54, 1.807) is 10.6 Å². The largest absolute Gasteiger partial charge is 0.313 e. The van der Waals surface area contributed by atoms with Crippen LogP contribution in [0.25, 0.3) is 16.9 Å². The highest BCUT2D eigenvalue weighted by Gasteiger charge is 2.16. The lowest BCUT2D eigenvalue weighted by Gasteiger charge is -2.10. The van der Waals surface area contributed by atoms with Crippen molar-refractivity contribution < 1.29 is 0 Å². The SMILES string of the molecule is CCCn1cc(-n2cc(-c3ncc(CC4CCCC4)cc3C)cn2)ccc1=O. The Balaban J connectivity index is 1.57. The van der Waals surface area contributed by atoms with E-state index in [1.165, 1.54) is 36.8 Å². The van der Waals surface area contributed by atoms with Crippen LogP contribution < -0.4 is 5.56 Å². The first-order valence-corrected chi connectivity index (χ1v) is 10.4. The van der Waals surface area contributed by atoms with Crippen LogP contribution in [0.15, 0.2) is 47.8 Å². The summed E-state index contributed by atoms with van der Waals surface area (Å²) >= 11 is 0. The molecule has 5 heteroatoms. The molecule has 0 N–H and O–H groups in total. The average molecular weight is 377 g/mol. The second-order valence-electron chi connectivity index (χ2n) is 7.96. The van der Waals surface area contributed by atoms with Crippen LogP contribution in [0.5, 0.6) is 0 Å². The average Bonchev–Trinajstić information content (AvgIpc) is 3.36. The Morgan fingerprint density at radius 2 is 1.96 bits per heavy atom. The lowest BCUT2D eigenvalue weighted by atomic mass is 9.97. The van der Waals surface area contributed by atoms with Gasteiger partial charge in [-0.2, -0.15) is 5.10 Å². The van der Waals surface area contributed by atoms with Crippen LogP contribution in [0, 0.1) is 12.8 Å². The minimum Gasteiger partial charge on any atom is -0.313 e. The van der Waals surface area contributed by atoms with Crippen LogP contribution in [0.4, 0.5) is 0 Å². The van der Waals surface area contributed by atoms with E-state index in [4.69, 9.17) is 4.98 Å². The molecule has 0 amide bonds. The molecule has 28 heavy (non-hydrogen) atoms. The molecule has 3 aromatic heterocycles. The van der Waals surface area contributed by atoms with E-state index in [9.17, 15) is 4.79 Å². The van der Waals surface area contributed by atoms with Crippen molar-refractivity contribution in [1.82, 2.24) is 19.3 Å². The highest BCUT2D eigenvalue weighted by molar-refractivity contribution is 5.62. The summed E-state index contributed by atoms with van der Waals surface area (Å²) in [7, 11) is 0. The number of hydrogen-bond acceptors (Lipinski definition) is 3. The summed E-state index contributed by atoms with van der Waals surface area (Å²) in [6.45, 7) is 4.90. The molecule has 5 nitrogen and oxygen atoms in total. The first kappa shape index (κ1) is 18.7. The quantitative estimate of drug-likeness (QED) is 0.634. The van der Waals surface area contributed by atoms with E-state index in [0.717, 1.165) is 35.7 Å². The van der Waals surface area contributed by atoms with Crippen molar-refractivity contribution in [1.29, 1.82) is 0 Å². The summed E-state index contributed by atoms with van der Waals surface area (Å²) in [5.41, 5.74) is 5.41. The Bertz CT molecular complexity index is 1010. The highest BCUT2D eigenvalue weighted by atomic mass is 16.1. The Kier molecular flexibility index (Phi) is 5.42. The molecule has 1 aliphatic rings. The van der Waals surface area contributed by atoms with Gasteiger partial charge in [-0.25, -0.2) is 4.68 Å². The summed E-state index contributed by atoms with van der Waals surface area (Å²) < 4.78 is 3.55. The minimum atomic E-state index is 0.0216. The molecular formula is C23H28N4O. The van der Waals surface area contributed by atoms with Crippen molar-refractivity contribution >= 4 is 0 Å². The molecule has 3 heterocycles. The summed E-state index contributed by atoms with van der Waals surface area (Å²) in [4.78, 5) is 16.7. The van der Waals surface area contributed by atoms with E-state index in [1.807, 2.05) is 35.5 Å². The van der Waals surface area contributed by atoms with Gasteiger partial charge in [0, 0.05) is 36.8 Å². The lowest BCUT2D eigenvalue weighted by Crippen LogP contribution is -2.19. The molecule has 3 aromatic rings. The Morgan fingerprint density at radius 1 is 1.14 bits per heavy atom. The molecule has 0 atom stereocenters. The molecule has 1 aliphatic carbocycles. The fraction of sp³-hybridized carbons (Fsp3) is 0.435. The zero-order valence-electron chi connectivity index (χ0n) is 16.8. The minimum absolute atomic E-state index is 0.0216. The summed E-state index contributed by atoms with van der Waals surface area (Å²) in [6.07, 6.45) is 15.3. The monoisotopic (exact) mass is 376 g/mol. The molecular weight excluding hydrogens is 348 g/mol. The molecule has 4 rings (SSSR count). The molecule has 0 aromatic carbocycles. The van der Waals surface area contributed by atoms with Crippen LogP contribution in [0.3, 0.4) is 0 Å². The predicted molar refractivity (Wildman–Crippen MR) is 112 cm³/mol. The topological polar surface area (TPSA) is 52.7 Å². The van der Waals surface area contributed by atoms with E-state index < -0.39 is 0 Å². The molecule has 146 valence electrons. The molecule has 0 bridgehead atoms. The standard InChI is InChI=1S/C23H28N4O/c1-3-10-26-16-21(8-9-22(26)28)27-15-20(14-25-27)23-17(2)11-19(13-24-23)12-18-6-4-5-7-18/h8-9,11,13-16,18H,3-7,10,12H2,1-2H3. The second-order valence-corrected chi connectivity index (χ2v) is 7.96. The Hall–Kier alpha value is -2.69. The first-order valence-electron chi connectivity index (χ1n) is 10.4. The van der Waals surface area contributed by atoms with Gasteiger partial charge in [0.25, 0.3) is 5.56 Å². The smallest absolute Gasteiger partial charge is 0.250 e. The molecule has 0 radical (unpaired) electrons. The highest BCUT2D eigenvalue weighted by Crippen LogP contribution is 2.29. The van der Waals surface area contributed by atoms with Crippen molar-refractivity contribution in [2.75, 3.05) is 0 Å². The van der Waals surface area contributed by atoms with Gasteiger partial charge >= 0.3 is 0 Å². The van der Waals surface area contributed by atoms with Crippen molar-refractivity contribution in [3.8, 4) is 16.9 Å². The van der Waals surface area contributed by atoms with E-state index in [0.29, 0.717) is 6.54 Å². The zero-order valence-corrected chi connectivity index (χ0v) is 16.8. The normalized spacial score (nSPS) is 14.6. The van der Waals surface area contributed by atoms with Crippen LogP contribution >= 0.6 is 0 Å². The predicted octanol–water partition coefficient (Wildman–Crippen LogP) is 4.55. The van der Waals surface area contributed by atoms with Crippen molar-refractivity contribution in [3.05, 3.63) is 64.5 Å². The first-order chi connectivity index (χ1) is 13.6. The maximum absolute atomic E-state index is 11.9. The van der Waals surface area contributed by atoms with Gasteiger partial charge in [-0.05, 0) is 42.9 Å². The van der Waals surface area contributed by atoms with Gasteiger partial charge in [0.05, 0.1) is 17.6 Å². The van der Waals surface area contributed by atoms with Gasteiger partial charge in [0.2, 0.25) is 0 Å². The molecule has 0 spiro atoms. The molecule has 1 saturated carbocycles. The number of hydrogen-bond donors (Lipinski definition) is 0. The maximum Gasteiger partial charge on any atom is 0.250 e. The third-order valence-corrected chi connectivity index (χ3v) is 5.69. The van der Waals surface area contributed by atoms with Gasteiger partial charge < -0.3 is 4.57 Å². The number of aryl methyl sites for hydroxylation is 2. The molecule has 0 unspecified atom stereocenters. The number of pyridine rings is 2. The van der Waals surface area contributed by atoms with Crippen molar-refractivity contribution in [2.45, 2.75) is 58.9 Å². The summed E-state index contributed by atoms with van der Waals surface area (Å²) in [5, 5.41) is 4.50. The third kappa shape index (κ3) is 3.93. The fourth-order valence-electron chi connectivity index (χ4n) is 4.25. The number of rotatable bonds is 6. The van der Waals surface area contributed by atoms with Gasteiger partial charge in [0.1, 0.15) is 0 Å². The lowest BCUT2D eigenvalue weighted by molar-refractivity contribution is 0.545. The van der Waals surface area contributed by atoms with Crippen LogP contribution in [0.1, 0.15) is 50.2 Å². The third-order valence-electron chi connectivity index (χ3n) is 5.69. The summed E-state index contributed by atoms with van der Waals surface area (Å²) in [5.74, 6) is 0.827. The van der Waals surface area contributed by atoms with Gasteiger partial charge in [-0.3, -0.25) is 9.78 Å². The van der Waals surface area contributed by atoms with E-state index >= 15 is 0 Å². The zero-order chi connectivity index (χ0) is 19.5. The van der Waals surface area contributed by atoms with Crippen molar-refractivity contribution in [2.24, 2.45) is 5.92 Å². The molecule has 0 aliphatic heterocycles. The van der Waals surface area contributed by atoms with E-state index in [2.05, 4.69) is 25.0 Å². The van der Waals surface area contributed by atoms with Crippen LogP contribution in [-0.2, 0) is 13.0 Å². The van der Waals surface area contributed by atoms with Crippen LogP contribution in [0.2, 0.25) is 0 Å². The number of nitrogens with zero attached hydrogens (tertiary/aromatic N) is 4. The molecule has 1 fully saturated rings. The van der Waals surface area contributed by atoms with Gasteiger partial charge in [0.15, 0.2) is 0 Å². The van der Waals surface area contributed by atoms with Crippen LogP contribution in [-0.4, -0.2) is 19.3 Å². The fourth-order valence-corrected chi connectivity index (χ4v) is 4.25. The maximum atomic E-state index is 11.9. The Labute approximate surface area is 166 Å². The summed E-state index contributed by atoms with van der Waals surface area (Å²) in [6, 6.07) is 5.70. The van der Waals surface area contributed by atoms with Gasteiger partial charge in [-0.1, -0.05) is 38.7 Å². The van der Waals surface area contributed by atoms with E-state index in [-0.39, 0.29) is 5.56 Å². The van der Waals surface area contributed by atoms with Crippen molar-refractivity contribution in [3.63, 3.8) is 0 Å². The van der Waals surface area contributed by atoms with Gasteiger partial charge in [-0.15, -0.1) is 0 Å². The Morgan fingerprint density at radius 3 is 2.71 bits per heavy atom. The molecule has 0 saturated heterocycles.